The van der Waals surface area contributed by atoms with Crippen LogP contribution in [0.1, 0.15) is 23.0 Å². The molecule has 2 aromatic rings. The fourth-order valence-corrected chi connectivity index (χ4v) is 2.63. The summed E-state index contributed by atoms with van der Waals surface area (Å²) in [6.45, 7) is 0.855. The Bertz CT molecular complexity index is 664. The first kappa shape index (κ1) is 14.6. The number of methoxy groups -OCH3 is 1. The molecule has 0 aliphatic carbocycles. The second-order valence-corrected chi connectivity index (χ2v) is 5.08. The number of carbonyl (C=O) groups is 1. The molecule has 0 saturated carbocycles. The van der Waals surface area contributed by atoms with Gasteiger partial charge in [-0.1, -0.05) is 30.3 Å². The summed E-state index contributed by atoms with van der Waals surface area (Å²) >= 11 is 0. The van der Waals surface area contributed by atoms with Crippen molar-refractivity contribution >= 4 is 11.9 Å². The maximum Gasteiger partial charge on any atom is 0.159 e. The van der Waals surface area contributed by atoms with Crippen LogP contribution in [0, 0.1) is 0 Å². The quantitative estimate of drug-likeness (QED) is 0.833. The SMILES string of the molecule is COC1c2cc[nH]c2C(C=O)=CN1COCc1ccccc1. The molecule has 2 heterocycles. The number of benzene rings is 1. The number of hydrogen-bond donors (Lipinski definition) is 1. The number of rotatable bonds is 6. The lowest BCUT2D eigenvalue weighted by molar-refractivity contribution is -0.103. The molecule has 1 aliphatic heterocycles. The first-order valence-corrected chi connectivity index (χ1v) is 7.08. The van der Waals surface area contributed by atoms with Gasteiger partial charge < -0.3 is 19.4 Å². The number of hydrogen-bond acceptors (Lipinski definition) is 4. The summed E-state index contributed by atoms with van der Waals surface area (Å²) in [5.74, 6) is 0. The molecule has 3 rings (SSSR count). The normalized spacial score (nSPS) is 17.0. The minimum atomic E-state index is -0.263. The molecule has 0 bridgehead atoms. The molecule has 1 atom stereocenters. The molecule has 0 fully saturated rings. The molecule has 22 heavy (non-hydrogen) atoms. The summed E-state index contributed by atoms with van der Waals surface area (Å²) < 4.78 is 11.3. The van der Waals surface area contributed by atoms with E-state index in [2.05, 4.69) is 4.98 Å². The maximum absolute atomic E-state index is 11.3. The van der Waals surface area contributed by atoms with Crippen molar-refractivity contribution in [3.8, 4) is 0 Å². The van der Waals surface area contributed by atoms with Crippen LogP contribution in [0.15, 0.2) is 48.8 Å². The van der Waals surface area contributed by atoms with Crippen LogP contribution in [0.3, 0.4) is 0 Å². The fraction of sp³-hybridized carbons (Fsp3) is 0.235. The number of aromatic nitrogens is 1. The third kappa shape index (κ3) is 2.81. The standard InChI is InChI=1S/C17H18N2O3/c1-21-17-15-7-8-18-16(15)14(10-20)9-19(17)12-22-11-13-5-3-2-4-6-13/h2-10,17-18H,11-12H2,1H3. The molecule has 0 amide bonds. The van der Waals surface area contributed by atoms with Gasteiger partial charge in [0.25, 0.3) is 0 Å². The average Bonchev–Trinajstić information content (AvgIpc) is 3.04. The lowest BCUT2D eigenvalue weighted by Gasteiger charge is -2.33. The lowest BCUT2D eigenvalue weighted by atomic mass is 10.1. The third-order valence-corrected chi connectivity index (χ3v) is 3.64. The minimum Gasteiger partial charge on any atom is -0.361 e. The highest BCUT2D eigenvalue weighted by molar-refractivity contribution is 6.07. The van der Waals surface area contributed by atoms with E-state index in [1.165, 1.54) is 0 Å². The first-order valence-electron chi connectivity index (χ1n) is 7.08. The van der Waals surface area contributed by atoms with Gasteiger partial charge in [-0.25, -0.2) is 0 Å². The van der Waals surface area contributed by atoms with Crippen molar-refractivity contribution < 1.29 is 14.3 Å². The second kappa shape index (κ2) is 6.60. The number of carbonyl (C=O) groups excluding carboxylic acids is 1. The summed E-state index contributed by atoms with van der Waals surface area (Å²) in [6.07, 6.45) is 4.15. The monoisotopic (exact) mass is 298 g/mol. The van der Waals surface area contributed by atoms with E-state index in [1.54, 1.807) is 13.3 Å². The number of aromatic amines is 1. The molecule has 1 unspecified atom stereocenters. The number of allylic oxidation sites excluding steroid dienone is 1. The van der Waals surface area contributed by atoms with Crippen molar-refractivity contribution in [1.29, 1.82) is 0 Å². The number of aldehydes is 1. The van der Waals surface area contributed by atoms with Crippen molar-refractivity contribution in [2.24, 2.45) is 0 Å². The van der Waals surface area contributed by atoms with Crippen LogP contribution < -0.4 is 0 Å². The zero-order chi connectivity index (χ0) is 15.4. The van der Waals surface area contributed by atoms with Gasteiger partial charge in [-0.2, -0.15) is 0 Å². The van der Waals surface area contributed by atoms with Gasteiger partial charge in [0.15, 0.2) is 12.5 Å². The lowest BCUT2D eigenvalue weighted by Crippen LogP contribution is -2.31. The van der Waals surface area contributed by atoms with E-state index in [9.17, 15) is 4.79 Å². The van der Waals surface area contributed by atoms with Crippen LogP contribution in [0.2, 0.25) is 0 Å². The van der Waals surface area contributed by atoms with Crippen molar-refractivity contribution in [3.05, 3.63) is 65.6 Å². The fourth-order valence-electron chi connectivity index (χ4n) is 2.63. The van der Waals surface area contributed by atoms with Gasteiger partial charge in [0.05, 0.1) is 17.9 Å². The van der Waals surface area contributed by atoms with Gasteiger partial charge in [-0.15, -0.1) is 0 Å². The summed E-state index contributed by atoms with van der Waals surface area (Å²) in [7, 11) is 1.64. The molecule has 1 aliphatic rings. The smallest absolute Gasteiger partial charge is 0.159 e. The number of fused-ring (bicyclic) bond motifs is 1. The zero-order valence-electron chi connectivity index (χ0n) is 12.4. The van der Waals surface area contributed by atoms with Crippen molar-refractivity contribution in [2.75, 3.05) is 13.8 Å². The summed E-state index contributed by atoms with van der Waals surface area (Å²) in [6, 6.07) is 11.9. The van der Waals surface area contributed by atoms with Gasteiger partial charge in [0, 0.05) is 25.1 Å². The average molecular weight is 298 g/mol. The van der Waals surface area contributed by atoms with Crippen LogP contribution >= 0.6 is 0 Å². The van der Waals surface area contributed by atoms with E-state index in [-0.39, 0.29) is 6.23 Å². The van der Waals surface area contributed by atoms with Gasteiger partial charge in [0.2, 0.25) is 0 Å². The van der Waals surface area contributed by atoms with Gasteiger partial charge in [0.1, 0.15) is 6.73 Å². The Hall–Kier alpha value is -2.37. The Morgan fingerprint density at radius 2 is 2.09 bits per heavy atom. The molecule has 5 nitrogen and oxygen atoms in total. The van der Waals surface area contributed by atoms with Crippen LogP contribution in [0.25, 0.3) is 5.57 Å². The summed E-state index contributed by atoms with van der Waals surface area (Å²) in [5.41, 5.74) is 3.45. The Balaban J connectivity index is 1.71. The maximum atomic E-state index is 11.3. The van der Waals surface area contributed by atoms with E-state index in [1.807, 2.05) is 47.5 Å². The topological polar surface area (TPSA) is 54.6 Å². The highest BCUT2D eigenvalue weighted by Gasteiger charge is 2.28. The molecule has 1 aromatic carbocycles. The molecule has 1 N–H and O–H groups in total. The first-order chi connectivity index (χ1) is 10.8. The molecular weight excluding hydrogens is 280 g/mol. The molecule has 0 radical (unpaired) electrons. The molecule has 0 saturated heterocycles. The van der Waals surface area contributed by atoms with Crippen molar-refractivity contribution in [2.45, 2.75) is 12.8 Å². The van der Waals surface area contributed by atoms with Crippen LogP contribution in [-0.2, 0) is 20.9 Å². The zero-order valence-corrected chi connectivity index (χ0v) is 12.4. The third-order valence-electron chi connectivity index (χ3n) is 3.64. The van der Waals surface area contributed by atoms with Gasteiger partial charge in [-0.3, -0.25) is 4.79 Å². The molecule has 1 aromatic heterocycles. The van der Waals surface area contributed by atoms with E-state index in [0.717, 1.165) is 23.1 Å². The highest BCUT2D eigenvalue weighted by atomic mass is 16.5. The van der Waals surface area contributed by atoms with Crippen LogP contribution in [0.5, 0.6) is 0 Å². The van der Waals surface area contributed by atoms with E-state index >= 15 is 0 Å². The Kier molecular flexibility index (Phi) is 4.37. The van der Waals surface area contributed by atoms with Crippen LogP contribution in [0.4, 0.5) is 0 Å². The number of ether oxygens (including phenoxy) is 2. The number of H-pyrrole nitrogens is 1. The Morgan fingerprint density at radius 3 is 2.82 bits per heavy atom. The van der Waals surface area contributed by atoms with E-state index in [0.29, 0.717) is 18.9 Å². The predicted octanol–water partition coefficient (Wildman–Crippen LogP) is 2.69. The molecular formula is C17H18N2O3. The van der Waals surface area contributed by atoms with Crippen molar-refractivity contribution in [1.82, 2.24) is 9.88 Å². The second-order valence-electron chi connectivity index (χ2n) is 5.08. The summed E-state index contributed by atoms with van der Waals surface area (Å²) in [4.78, 5) is 16.2. The number of nitrogens with one attached hydrogen (secondary N) is 1. The predicted molar refractivity (Wildman–Crippen MR) is 82.5 cm³/mol. The Morgan fingerprint density at radius 1 is 1.27 bits per heavy atom. The molecule has 5 heteroatoms. The van der Waals surface area contributed by atoms with Crippen molar-refractivity contribution in [3.63, 3.8) is 0 Å². The summed E-state index contributed by atoms with van der Waals surface area (Å²) in [5, 5.41) is 0. The van der Waals surface area contributed by atoms with E-state index in [4.69, 9.17) is 9.47 Å². The minimum absolute atomic E-state index is 0.263. The van der Waals surface area contributed by atoms with Gasteiger partial charge in [-0.05, 0) is 11.6 Å². The largest absolute Gasteiger partial charge is 0.361 e. The van der Waals surface area contributed by atoms with Gasteiger partial charge >= 0.3 is 0 Å². The number of nitrogens with zero attached hydrogens (tertiary/aromatic N) is 1. The molecule has 114 valence electrons. The Labute approximate surface area is 129 Å². The van der Waals surface area contributed by atoms with E-state index < -0.39 is 0 Å². The molecule has 0 spiro atoms. The highest BCUT2D eigenvalue weighted by Crippen LogP contribution is 2.33. The van der Waals surface area contributed by atoms with Crippen LogP contribution in [-0.4, -0.2) is 30.0 Å².